The van der Waals surface area contributed by atoms with Crippen molar-refractivity contribution in [2.45, 2.75) is 32.7 Å². The lowest BCUT2D eigenvalue weighted by atomic mass is 10.1. The third-order valence-corrected chi connectivity index (χ3v) is 6.27. The van der Waals surface area contributed by atoms with Crippen molar-refractivity contribution in [1.29, 1.82) is 0 Å². The van der Waals surface area contributed by atoms with Crippen LogP contribution in [0.3, 0.4) is 0 Å². The molecule has 0 radical (unpaired) electrons. The van der Waals surface area contributed by atoms with Crippen LogP contribution in [0.2, 0.25) is 5.02 Å². The van der Waals surface area contributed by atoms with Crippen molar-refractivity contribution in [3.05, 3.63) is 64.3 Å². The second-order valence-electron chi connectivity index (χ2n) is 8.42. The second kappa shape index (κ2) is 12.9. The highest BCUT2D eigenvalue weighted by Gasteiger charge is 2.19. The van der Waals surface area contributed by atoms with Crippen molar-refractivity contribution in [1.82, 2.24) is 15.2 Å². The van der Waals surface area contributed by atoms with Gasteiger partial charge in [-0.3, -0.25) is 19.2 Å². The van der Waals surface area contributed by atoms with Crippen LogP contribution in [0.5, 0.6) is 5.75 Å². The largest absolute Gasteiger partial charge is 0.497 e. The summed E-state index contributed by atoms with van der Waals surface area (Å²) in [6.45, 7) is 2.45. The van der Waals surface area contributed by atoms with Gasteiger partial charge in [0.05, 0.1) is 33.6 Å². The lowest BCUT2D eigenvalue weighted by Crippen LogP contribution is -2.35. The molecule has 0 atom stereocenters. The van der Waals surface area contributed by atoms with Gasteiger partial charge in [0.2, 0.25) is 11.8 Å². The van der Waals surface area contributed by atoms with Crippen molar-refractivity contribution in [3.8, 4) is 5.75 Å². The van der Waals surface area contributed by atoms with E-state index in [-0.39, 0.29) is 56.5 Å². The first-order valence-electron chi connectivity index (χ1n) is 11.8. The zero-order valence-electron chi connectivity index (χ0n) is 21.1. The van der Waals surface area contributed by atoms with Gasteiger partial charge in [0.1, 0.15) is 5.75 Å². The first-order chi connectivity index (χ1) is 17.7. The Morgan fingerprint density at radius 2 is 1.59 bits per heavy atom. The van der Waals surface area contributed by atoms with Crippen molar-refractivity contribution in [3.63, 3.8) is 0 Å². The third kappa shape index (κ3) is 7.33. The highest BCUT2D eigenvalue weighted by atomic mass is 35.5. The molecular formula is C27H30ClN3O6. The number of methoxy groups -OCH3 is 2. The number of carbonyl (C=O) groups is 4. The smallest absolute Gasteiger partial charge is 0.306 e. The van der Waals surface area contributed by atoms with Gasteiger partial charge in [0.15, 0.2) is 5.78 Å². The summed E-state index contributed by atoms with van der Waals surface area (Å²) < 4.78 is 11.8. The van der Waals surface area contributed by atoms with Gasteiger partial charge in [-0.2, -0.15) is 0 Å². The van der Waals surface area contributed by atoms with Crippen LogP contribution in [0.4, 0.5) is 0 Å². The number of ketones is 1. The molecule has 0 saturated carbocycles. The van der Waals surface area contributed by atoms with E-state index >= 15 is 0 Å². The fourth-order valence-corrected chi connectivity index (χ4v) is 4.11. The van der Waals surface area contributed by atoms with Crippen LogP contribution in [-0.4, -0.2) is 55.4 Å². The van der Waals surface area contributed by atoms with Gasteiger partial charge in [0.25, 0.3) is 0 Å². The molecule has 37 heavy (non-hydrogen) atoms. The minimum atomic E-state index is -0.454. The van der Waals surface area contributed by atoms with Crippen molar-refractivity contribution < 1.29 is 28.7 Å². The minimum absolute atomic E-state index is 0.00200. The SMILES string of the molecule is COC(=O)CCC(=O)NCCNC(=O)Cc1c(C)n(CC(=O)c2ccc(Cl)cc2)c2ccc(OC)cc12. The van der Waals surface area contributed by atoms with Crippen LogP contribution in [0, 0.1) is 6.92 Å². The lowest BCUT2D eigenvalue weighted by Gasteiger charge is -2.09. The van der Waals surface area contributed by atoms with Gasteiger partial charge in [-0.05, 0) is 55.0 Å². The van der Waals surface area contributed by atoms with E-state index in [4.69, 9.17) is 16.3 Å². The standard InChI is InChI=1S/C27H30ClN3O6/c1-17-21(15-26(34)30-13-12-29-25(33)10-11-27(35)37-3)22-14-20(36-2)8-9-23(22)31(17)16-24(32)18-4-6-19(28)7-5-18/h4-9,14H,10-13,15-16H2,1-3H3,(H,29,33)(H,30,34). The summed E-state index contributed by atoms with van der Waals surface area (Å²) >= 11 is 5.95. The Bertz CT molecular complexity index is 1300. The molecule has 0 saturated heterocycles. The van der Waals surface area contributed by atoms with Gasteiger partial charge < -0.3 is 24.7 Å². The van der Waals surface area contributed by atoms with Crippen molar-refractivity contribution in [2.75, 3.05) is 27.3 Å². The molecule has 3 rings (SSSR count). The molecule has 2 N–H and O–H groups in total. The number of Topliss-reactive ketones (excluding diaryl/α,β-unsaturated/α-hetero) is 1. The van der Waals surface area contributed by atoms with Crippen LogP contribution in [0.15, 0.2) is 42.5 Å². The van der Waals surface area contributed by atoms with E-state index in [9.17, 15) is 19.2 Å². The Hall–Kier alpha value is -3.85. The molecule has 1 heterocycles. The molecule has 0 spiro atoms. The normalized spacial score (nSPS) is 10.7. The number of amides is 2. The Morgan fingerprint density at radius 3 is 2.24 bits per heavy atom. The van der Waals surface area contributed by atoms with Crippen LogP contribution < -0.4 is 15.4 Å². The van der Waals surface area contributed by atoms with Crippen LogP contribution in [0.25, 0.3) is 10.9 Å². The first kappa shape index (κ1) is 27.7. The minimum Gasteiger partial charge on any atom is -0.497 e. The summed E-state index contributed by atoms with van der Waals surface area (Å²) in [5.74, 6) is -0.408. The number of aromatic nitrogens is 1. The molecule has 9 nitrogen and oxygen atoms in total. The molecule has 0 aliphatic heterocycles. The fourth-order valence-electron chi connectivity index (χ4n) is 3.99. The number of benzene rings is 2. The molecule has 2 aromatic carbocycles. The number of fused-ring (bicyclic) bond motifs is 1. The number of rotatable bonds is 12. The average Bonchev–Trinajstić information content (AvgIpc) is 3.15. The number of esters is 1. The number of hydrogen-bond acceptors (Lipinski definition) is 6. The van der Waals surface area contributed by atoms with E-state index in [2.05, 4.69) is 15.4 Å². The average molecular weight is 528 g/mol. The topological polar surface area (TPSA) is 116 Å². The molecule has 196 valence electrons. The number of ether oxygens (including phenoxy) is 2. The maximum atomic E-state index is 13.0. The number of halogens is 1. The second-order valence-corrected chi connectivity index (χ2v) is 8.85. The molecule has 0 aliphatic rings. The van der Waals surface area contributed by atoms with Crippen LogP contribution >= 0.6 is 11.6 Å². The molecule has 3 aromatic rings. The highest BCUT2D eigenvalue weighted by Crippen LogP contribution is 2.30. The molecular weight excluding hydrogens is 498 g/mol. The Kier molecular flexibility index (Phi) is 9.68. The summed E-state index contributed by atoms with van der Waals surface area (Å²) in [5.41, 5.74) is 2.96. The van der Waals surface area contributed by atoms with E-state index in [0.29, 0.717) is 16.3 Å². The summed E-state index contributed by atoms with van der Waals surface area (Å²) in [5, 5.41) is 6.84. The van der Waals surface area contributed by atoms with Crippen molar-refractivity contribution in [2.24, 2.45) is 0 Å². The van der Waals surface area contributed by atoms with E-state index in [1.54, 1.807) is 31.4 Å². The number of nitrogens with one attached hydrogen (secondary N) is 2. The fraction of sp³-hybridized carbons (Fsp3) is 0.333. The monoisotopic (exact) mass is 527 g/mol. The predicted molar refractivity (Wildman–Crippen MR) is 140 cm³/mol. The van der Waals surface area contributed by atoms with Crippen LogP contribution in [0.1, 0.15) is 34.5 Å². The molecule has 0 bridgehead atoms. The van der Waals surface area contributed by atoms with Crippen molar-refractivity contribution >= 4 is 46.1 Å². The van der Waals surface area contributed by atoms with Gasteiger partial charge >= 0.3 is 5.97 Å². The maximum absolute atomic E-state index is 13.0. The molecule has 0 aliphatic carbocycles. The lowest BCUT2D eigenvalue weighted by molar-refractivity contribution is -0.142. The molecule has 10 heteroatoms. The Labute approximate surface area is 220 Å². The first-order valence-corrected chi connectivity index (χ1v) is 12.2. The van der Waals surface area contributed by atoms with Gasteiger partial charge in [-0.1, -0.05) is 11.6 Å². The maximum Gasteiger partial charge on any atom is 0.306 e. The summed E-state index contributed by atoms with van der Waals surface area (Å²) in [6.07, 6.45) is 0.117. The van der Waals surface area contributed by atoms with E-state index < -0.39 is 5.97 Å². The molecule has 0 fully saturated rings. The third-order valence-electron chi connectivity index (χ3n) is 6.02. The van der Waals surface area contributed by atoms with E-state index in [1.807, 2.05) is 29.7 Å². The van der Waals surface area contributed by atoms with Crippen LogP contribution in [-0.2, 0) is 32.1 Å². The van der Waals surface area contributed by atoms with E-state index in [0.717, 1.165) is 22.2 Å². The molecule has 0 unspecified atom stereocenters. The van der Waals surface area contributed by atoms with Gasteiger partial charge in [-0.15, -0.1) is 0 Å². The molecule has 1 aromatic heterocycles. The Morgan fingerprint density at radius 1 is 0.919 bits per heavy atom. The van der Waals surface area contributed by atoms with E-state index in [1.165, 1.54) is 7.11 Å². The zero-order chi connectivity index (χ0) is 26.9. The highest BCUT2D eigenvalue weighted by molar-refractivity contribution is 6.30. The quantitative estimate of drug-likeness (QED) is 0.212. The predicted octanol–water partition coefficient (Wildman–Crippen LogP) is 3.22. The number of nitrogens with zero attached hydrogens (tertiary/aromatic N) is 1. The number of hydrogen-bond donors (Lipinski definition) is 2. The zero-order valence-corrected chi connectivity index (χ0v) is 21.8. The van der Waals surface area contributed by atoms with Gasteiger partial charge in [-0.25, -0.2) is 0 Å². The Balaban J connectivity index is 1.69. The molecule has 2 amide bonds. The summed E-state index contributed by atoms with van der Waals surface area (Å²) in [4.78, 5) is 48.6. The van der Waals surface area contributed by atoms with Gasteiger partial charge in [0, 0.05) is 46.7 Å². The summed E-state index contributed by atoms with van der Waals surface area (Å²) in [7, 11) is 2.84. The number of carbonyl (C=O) groups excluding carboxylic acids is 4. The summed E-state index contributed by atoms with van der Waals surface area (Å²) in [6, 6.07) is 12.3.